The second-order valence-corrected chi connectivity index (χ2v) is 7.20. The summed E-state index contributed by atoms with van der Waals surface area (Å²) in [5, 5.41) is 10.00. The van der Waals surface area contributed by atoms with Crippen LogP contribution in [0, 0.1) is 19.8 Å². The van der Waals surface area contributed by atoms with E-state index in [4.69, 9.17) is 4.52 Å². The molecule has 3 rings (SSSR count). The van der Waals surface area contributed by atoms with Crippen molar-refractivity contribution < 1.29 is 9.32 Å². The van der Waals surface area contributed by atoms with Gasteiger partial charge in [-0.3, -0.25) is 9.69 Å². The van der Waals surface area contributed by atoms with E-state index in [1.807, 2.05) is 12.4 Å². The zero-order valence-corrected chi connectivity index (χ0v) is 14.9. The number of hydrogen-bond acceptors (Lipinski definition) is 7. The number of hydrogen-bond donors (Lipinski definition) is 2. The van der Waals surface area contributed by atoms with Crippen molar-refractivity contribution in [1.29, 1.82) is 0 Å². The van der Waals surface area contributed by atoms with Crippen molar-refractivity contribution in [2.24, 2.45) is 5.92 Å². The standard InChI is InChI=1S/C16H23N5O2S/c1-11-5-15(20-23-11)19-16(22)9-21(7-13-3-4-17-6-13)8-14-12(2)18-10-24-14/h5,10,13,17H,3-4,6-9H2,1-2H3,(H,19,20,22)/t13-/m1/s1. The molecule has 7 nitrogen and oxygen atoms in total. The molecule has 0 saturated carbocycles. The SMILES string of the molecule is Cc1cc(NC(=O)CN(Cc2scnc2C)C[C@@H]2CCNC2)no1. The molecule has 1 aliphatic heterocycles. The summed E-state index contributed by atoms with van der Waals surface area (Å²) in [5.41, 5.74) is 2.90. The number of nitrogens with zero attached hydrogens (tertiary/aromatic N) is 3. The number of amides is 1. The number of anilines is 1. The van der Waals surface area contributed by atoms with Crippen LogP contribution in [0.5, 0.6) is 0 Å². The predicted molar refractivity (Wildman–Crippen MR) is 93.0 cm³/mol. The van der Waals surface area contributed by atoms with Gasteiger partial charge in [-0.05, 0) is 39.3 Å². The molecule has 0 spiro atoms. The zero-order valence-electron chi connectivity index (χ0n) is 14.0. The molecule has 2 aromatic rings. The second-order valence-electron chi connectivity index (χ2n) is 6.26. The van der Waals surface area contributed by atoms with E-state index in [0.717, 1.165) is 38.3 Å². The summed E-state index contributed by atoms with van der Waals surface area (Å²) < 4.78 is 4.99. The number of carbonyl (C=O) groups excluding carboxylic acids is 1. The molecule has 0 aliphatic carbocycles. The minimum atomic E-state index is -0.0728. The van der Waals surface area contributed by atoms with Gasteiger partial charge in [0.2, 0.25) is 5.91 Å². The van der Waals surface area contributed by atoms with Gasteiger partial charge in [-0.2, -0.15) is 0 Å². The van der Waals surface area contributed by atoms with E-state index in [0.29, 0.717) is 24.0 Å². The van der Waals surface area contributed by atoms with Crippen molar-refractivity contribution in [3.8, 4) is 0 Å². The molecule has 3 heterocycles. The summed E-state index contributed by atoms with van der Waals surface area (Å²) in [6.45, 7) is 7.87. The van der Waals surface area contributed by atoms with Crippen molar-refractivity contribution in [3.05, 3.63) is 27.9 Å². The molecule has 130 valence electrons. The largest absolute Gasteiger partial charge is 0.360 e. The van der Waals surface area contributed by atoms with Crippen molar-refractivity contribution in [1.82, 2.24) is 20.4 Å². The lowest BCUT2D eigenvalue weighted by atomic mass is 10.1. The highest BCUT2D eigenvalue weighted by Gasteiger charge is 2.21. The number of rotatable bonds is 7. The van der Waals surface area contributed by atoms with Crippen LogP contribution < -0.4 is 10.6 Å². The van der Waals surface area contributed by atoms with E-state index in [-0.39, 0.29) is 5.91 Å². The van der Waals surface area contributed by atoms with Crippen LogP contribution in [0.3, 0.4) is 0 Å². The zero-order chi connectivity index (χ0) is 16.9. The molecular formula is C16H23N5O2S. The Kier molecular flexibility index (Phi) is 5.60. The average molecular weight is 349 g/mol. The fourth-order valence-electron chi connectivity index (χ4n) is 2.91. The lowest BCUT2D eigenvalue weighted by molar-refractivity contribution is -0.117. The third-order valence-corrected chi connectivity index (χ3v) is 5.07. The minimum absolute atomic E-state index is 0.0728. The Labute approximate surface area is 145 Å². The van der Waals surface area contributed by atoms with E-state index in [9.17, 15) is 4.79 Å². The molecule has 2 N–H and O–H groups in total. The first-order valence-electron chi connectivity index (χ1n) is 8.15. The van der Waals surface area contributed by atoms with Gasteiger partial charge in [0.25, 0.3) is 0 Å². The van der Waals surface area contributed by atoms with Crippen molar-refractivity contribution in [2.75, 3.05) is 31.5 Å². The van der Waals surface area contributed by atoms with Crippen LogP contribution in [0.15, 0.2) is 16.1 Å². The first-order valence-corrected chi connectivity index (χ1v) is 9.03. The van der Waals surface area contributed by atoms with Gasteiger partial charge in [0.05, 0.1) is 17.7 Å². The van der Waals surface area contributed by atoms with E-state index in [1.54, 1.807) is 24.3 Å². The van der Waals surface area contributed by atoms with Crippen LogP contribution in [-0.4, -0.2) is 47.1 Å². The van der Waals surface area contributed by atoms with Crippen LogP contribution in [0.2, 0.25) is 0 Å². The van der Waals surface area contributed by atoms with Gasteiger partial charge in [-0.25, -0.2) is 4.98 Å². The minimum Gasteiger partial charge on any atom is -0.360 e. The Bertz CT molecular complexity index is 678. The second kappa shape index (κ2) is 7.87. The van der Waals surface area contributed by atoms with Gasteiger partial charge in [0.1, 0.15) is 5.76 Å². The molecule has 1 saturated heterocycles. The summed E-state index contributed by atoms with van der Waals surface area (Å²) in [6, 6.07) is 1.72. The third-order valence-electron chi connectivity index (χ3n) is 4.15. The Balaban J connectivity index is 1.61. The molecular weight excluding hydrogens is 326 g/mol. The van der Waals surface area contributed by atoms with E-state index in [1.165, 1.54) is 4.88 Å². The van der Waals surface area contributed by atoms with Gasteiger partial charge in [0.15, 0.2) is 5.82 Å². The molecule has 0 unspecified atom stereocenters. The molecule has 0 radical (unpaired) electrons. The van der Waals surface area contributed by atoms with Gasteiger partial charge in [-0.1, -0.05) is 5.16 Å². The van der Waals surface area contributed by atoms with Gasteiger partial charge < -0.3 is 15.2 Å². The molecule has 24 heavy (non-hydrogen) atoms. The number of aromatic nitrogens is 2. The molecule has 0 aromatic carbocycles. The Morgan fingerprint density at radius 2 is 2.42 bits per heavy atom. The van der Waals surface area contributed by atoms with Crippen LogP contribution in [0.25, 0.3) is 0 Å². The fraction of sp³-hybridized carbons (Fsp3) is 0.562. The first kappa shape index (κ1) is 17.1. The molecule has 1 aliphatic rings. The maximum Gasteiger partial charge on any atom is 0.239 e. The Morgan fingerprint density at radius 3 is 3.04 bits per heavy atom. The monoisotopic (exact) mass is 349 g/mol. The van der Waals surface area contributed by atoms with E-state index in [2.05, 4.69) is 25.7 Å². The lowest BCUT2D eigenvalue weighted by Crippen LogP contribution is -2.36. The lowest BCUT2D eigenvalue weighted by Gasteiger charge is -2.24. The van der Waals surface area contributed by atoms with Crippen LogP contribution in [0.1, 0.15) is 22.8 Å². The van der Waals surface area contributed by atoms with Gasteiger partial charge in [-0.15, -0.1) is 11.3 Å². The fourth-order valence-corrected chi connectivity index (χ4v) is 3.73. The van der Waals surface area contributed by atoms with Crippen LogP contribution in [-0.2, 0) is 11.3 Å². The number of thiazole rings is 1. The number of aryl methyl sites for hydroxylation is 2. The molecule has 1 amide bonds. The van der Waals surface area contributed by atoms with Crippen LogP contribution in [0.4, 0.5) is 5.82 Å². The first-order chi connectivity index (χ1) is 11.6. The molecule has 1 atom stereocenters. The highest BCUT2D eigenvalue weighted by molar-refractivity contribution is 7.09. The summed E-state index contributed by atoms with van der Waals surface area (Å²) >= 11 is 1.64. The quantitative estimate of drug-likeness (QED) is 0.793. The van der Waals surface area contributed by atoms with Crippen molar-refractivity contribution in [3.63, 3.8) is 0 Å². The Hall–Kier alpha value is -1.77. The smallest absolute Gasteiger partial charge is 0.239 e. The van der Waals surface area contributed by atoms with Crippen LogP contribution >= 0.6 is 11.3 Å². The van der Waals surface area contributed by atoms with Crippen molar-refractivity contribution >= 4 is 23.1 Å². The topological polar surface area (TPSA) is 83.3 Å². The molecule has 1 fully saturated rings. The summed E-state index contributed by atoms with van der Waals surface area (Å²) in [6.07, 6.45) is 1.16. The third kappa shape index (κ3) is 4.62. The van der Waals surface area contributed by atoms with Crippen molar-refractivity contribution in [2.45, 2.75) is 26.8 Å². The highest BCUT2D eigenvalue weighted by atomic mass is 32.1. The molecule has 8 heteroatoms. The van der Waals surface area contributed by atoms with E-state index >= 15 is 0 Å². The normalized spacial score (nSPS) is 17.5. The average Bonchev–Trinajstić information content (AvgIpc) is 3.25. The maximum atomic E-state index is 12.4. The van der Waals surface area contributed by atoms with Gasteiger partial charge >= 0.3 is 0 Å². The summed E-state index contributed by atoms with van der Waals surface area (Å²) in [7, 11) is 0. The number of carbonyl (C=O) groups is 1. The summed E-state index contributed by atoms with van der Waals surface area (Å²) in [4.78, 5) is 20.1. The predicted octanol–water partition coefficient (Wildman–Crippen LogP) is 1.80. The Morgan fingerprint density at radius 1 is 1.54 bits per heavy atom. The molecule has 2 aromatic heterocycles. The highest BCUT2D eigenvalue weighted by Crippen LogP contribution is 2.18. The van der Waals surface area contributed by atoms with Gasteiger partial charge in [0, 0.05) is 24.0 Å². The molecule has 0 bridgehead atoms. The maximum absolute atomic E-state index is 12.4. The van der Waals surface area contributed by atoms with E-state index < -0.39 is 0 Å². The number of nitrogens with one attached hydrogen (secondary N) is 2. The summed E-state index contributed by atoms with van der Waals surface area (Å²) in [5.74, 6) is 1.66.